The number of hydrazone groups is 1. The number of nitrogens with two attached hydrogens (primary N) is 2. The van der Waals surface area contributed by atoms with Gasteiger partial charge in [-0.1, -0.05) is 12.1 Å². The van der Waals surface area contributed by atoms with Crippen LogP contribution in [0, 0.1) is 17.0 Å². The predicted octanol–water partition coefficient (Wildman–Crippen LogP) is 7.72. The van der Waals surface area contributed by atoms with Crippen LogP contribution in [0.4, 0.5) is 45.5 Å². The molecule has 0 amide bonds. The van der Waals surface area contributed by atoms with Crippen LogP contribution in [0.15, 0.2) is 120 Å². The fraction of sp³-hybridized carbons (Fsp3) is 0.0811. The quantitative estimate of drug-likeness (QED) is 0.0264. The lowest BCUT2D eigenvalue weighted by atomic mass is 9.92. The Labute approximate surface area is 335 Å². The highest BCUT2D eigenvalue weighted by Gasteiger charge is 2.37. The Hall–Kier alpha value is -7.40. The highest BCUT2D eigenvalue weighted by atomic mass is 32.2. The van der Waals surface area contributed by atoms with E-state index in [0.29, 0.717) is 40.0 Å². The Balaban J connectivity index is 1.35. The van der Waals surface area contributed by atoms with Crippen molar-refractivity contribution < 1.29 is 45.1 Å². The molecule has 1 aliphatic carbocycles. The van der Waals surface area contributed by atoms with E-state index in [9.17, 15) is 40.8 Å². The van der Waals surface area contributed by atoms with Crippen LogP contribution >= 0.6 is 0 Å². The summed E-state index contributed by atoms with van der Waals surface area (Å²) in [7, 11) is -7.52. The fourth-order valence-corrected chi connectivity index (χ4v) is 7.09. The smallest absolute Gasteiger partial charge is 0.296 e. The van der Waals surface area contributed by atoms with Gasteiger partial charge >= 0.3 is 0 Å². The number of nitro groups is 1. The topological polar surface area (TPSA) is 313 Å². The molecule has 6 rings (SSSR count). The van der Waals surface area contributed by atoms with Crippen molar-refractivity contribution in [3.8, 4) is 22.6 Å². The summed E-state index contributed by atoms with van der Waals surface area (Å²) >= 11 is 0. The summed E-state index contributed by atoms with van der Waals surface area (Å²) in [6.07, 6.45) is 0.739. The summed E-state index contributed by atoms with van der Waals surface area (Å²) in [5.41, 5.74) is 15.2. The highest BCUT2D eigenvalue weighted by Crippen LogP contribution is 2.42. The van der Waals surface area contributed by atoms with Gasteiger partial charge in [0.15, 0.2) is 5.71 Å². The number of carbonyl (C=O) groups excluding carboxylic acids is 1. The highest BCUT2D eigenvalue weighted by molar-refractivity contribution is 7.91. The molecule has 0 atom stereocenters. The maximum absolute atomic E-state index is 14.0. The van der Waals surface area contributed by atoms with Crippen LogP contribution in [0.25, 0.3) is 17.2 Å². The van der Waals surface area contributed by atoms with Crippen LogP contribution in [-0.4, -0.2) is 56.6 Å². The molecule has 22 heteroatoms. The van der Waals surface area contributed by atoms with Gasteiger partial charge in [0.2, 0.25) is 5.78 Å². The molecule has 302 valence electrons. The lowest BCUT2D eigenvalue weighted by Crippen LogP contribution is -2.28. The van der Waals surface area contributed by atoms with Crippen LogP contribution in [-0.2, 0) is 20.2 Å². The largest absolute Gasteiger partial charge is 0.494 e. The van der Waals surface area contributed by atoms with Crippen molar-refractivity contribution in [3.05, 3.63) is 117 Å². The second-order valence-electron chi connectivity index (χ2n) is 12.5. The van der Waals surface area contributed by atoms with E-state index in [1.54, 1.807) is 48.5 Å². The van der Waals surface area contributed by atoms with Gasteiger partial charge in [-0.2, -0.15) is 32.2 Å². The van der Waals surface area contributed by atoms with Gasteiger partial charge < -0.3 is 20.9 Å². The standard InChI is InChI=1S/C37H31N9O11S2/c1-19-14-23(38)6-13-26(19)41-42-27-11-4-20(15-29(27)56-2)21-5-12-28(30(16-21)57-3)43-45-36-32(59(53,54)55)18-22-17-31(58(50,51)52)35(34(39)33(22)37(36)47)44-40-24-7-9-25(10-8-24)46(48)49/h4-18,43H,38-39H2,1-3H3,(H,50,51,52)(H,53,54,55)/b42-41?,44-40?,45-36-. The first-order chi connectivity index (χ1) is 27.9. The van der Waals surface area contributed by atoms with Gasteiger partial charge in [0.1, 0.15) is 32.7 Å². The molecule has 0 aromatic heterocycles. The van der Waals surface area contributed by atoms with Gasteiger partial charge in [-0.05, 0) is 95.9 Å². The molecule has 7 N–H and O–H groups in total. The van der Waals surface area contributed by atoms with E-state index < -0.39 is 69.0 Å². The molecular formula is C37H31N9O11S2. The monoisotopic (exact) mass is 841 g/mol. The average molecular weight is 842 g/mol. The number of fused-ring (bicyclic) bond motifs is 1. The molecule has 0 aliphatic heterocycles. The number of Topliss-reactive ketones (excluding diaryl/α,β-unsaturated/α-hetero) is 1. The summed E-state index contributed by atoms with van der Waals surface area (Å²) in [5, 5.41) is 31.3. The number of nitrogens with one attached hydrogen (secondary N) is 1. The maximum atomic E-state index is 14.0. The summed E-state index contributed by atoms with van der Waals surface area (Å²) in [4.78, 5) is 22.3. The number of methoxy groups -OCH3 is 2. The number of nitrogen functional groups attached to an aromatic ring is 2. The molecule has 0 unspecified atom stereocenters. The van der Waals surface area contributed by atoms with Crippen molar-refractivity contribution >= 4 is 83.3 Å². The molecule has 0 saturated heterocycles. The molecule has 20 nitrogen and oxygen atoms in total. The minimum Gasteiger partial charge on any atom is -0.494 e. The molecule has 0 spiro atoms. The minimum atomic E-state index is -5.21. The van der Waals surface area contributed by atoms with Gasteiger partial charge in [0.25, 0.3) is 25.9 Å². The van der Waals surface area contributed by atoms with E-state index in [2.05, 4.69) is 31.0 Å². The number of benzene rings is 5. The number of allylic oxidation sites excluding steroid dienone is 1. The SMILES string of the molecule is COc1cc(-c2ccc(N/N=C3\C(=O)c4c(cc(S(=O)(=O)O)c(N=Nc5ccc([N+](=O)[O-])cc5)c4N)C=C3S(=O)(=O)O)c(OC)c2)ccc1N=Nc1ccc(N)cc1C. The first-order valence-electron chi connectivity index (χ1n) is 16.7. The number of nitrogens with zero attached hydrogens (tertiary/aromatic N) is 6. The zero-order chi connectivity index (χ0) is 42.8. The van der Waals surface area contributed by atoms with Crippen molar-refractivity contribution in [1.82, 2.24) is 0 Å². The Kier molecular flexibility index (Phi) is 11.3. The lowest BCUT2D eigenvalue weighted by Gasteiger charge is -2.20. The van der Waals surface area contributed by atoms with Crippen molar-refractivity contribution in [2.24, 2.45) is 25.6 Å². The van der Waals surface area contributed by atoms with Crippen LogP contribution < -0.4 is 26.4 Å². The van der Waals surface area contributed by atoms with Crippen LogP contribution in [0.2, 0.25) is 0 Å². The molecule has 59 heavy (non-hydrogen) atoms. The minimum absolute atomic E-state index is 0.00316. The molecule has 5 aromatic carbocycles. The first kappa shape index (κ1) is 41.2. The Bertz CT molecular complexity index is 2910. The van der Waals surface area contributed by atoms with Crippen molar-refractivity contribution in [3.63, 3.8) is 0 Å². The van der Waals surface area contributed by atoms with Gasteiger partial charge in [-0.25, -0.2) is 0 Å². The summed E-state index contributed by atoms with van der Waals surface area (Å²) < 4.78 is 81.2. The van der Waals surface area contributed by atoms with Gasteiger partial charge in [-0.15, -0.1) is 10.2 Å². The Morgan fingerprint density at radius 2 is 1.39 bits per heavy atom. The third kappa shape index (κ3) is 8.79. The van der Waals surface area contributed by atoms with Crippen LogP contribution in [0.1, 0.15) is 21.5 Å². The third-order valence-corrected chi connectivity index (χ3v) is 10.4. The number of azo groups is 2. The van der Waals surface area contributed by atoms with Gasteiger partial charge in [0, 0.05) is 17.8 Å². The second-order valence-corrected chi connectivity index (χ2v) is 15.3. The number of nitro benzene ring substituents is 1. The van der Waals surface area contributed by atoms with Crippen molar-refractivity contribution in [2.75, 3.05) is 31.1 Å². The second kappa shape index (κ2) is 16.2. The number of hydrogen-bond acceptors (Lipinski definition) is 17. The molecule has 5 aromatic rings. The van der Waals surface area contributed by atoms with E-state index in [-0.39, 0.29) is 22.8 Å². The Morgan fingerprint density at radius 1 is 0.763 bits per heavy atom. The number of carbonyl (C=O) groups is 1. The van der Waals surface area contributed by atoms with Gasteiger partial charge in [0.05, 0.1) is 47.5 Å². The summed E-state index contributed by atoms with van der Waals surface area (Å²) in [5.74, 6) is -0.604. The van der Waals surface area contributed by atoms with Crippen molar-refractivity contribution in [1.29, 1.82) is 0 Å². The number of rotatable bonds is 12. The van der Waals surface area contributed by atoms with E-state index >= 15 is 0 Å². The molecule has 0 saturated carbocycles. The van der Waals surface area contributed by atoms with Crippen LogP contribution in [0.3, 0.4) is 0 Å². The number of anilines is 3. The van der Waals surface area contributed by atoms with E-state index in [1.807, 2.05) is 6.92 Å². The molecule has 0 radical (unpaired) electrons. The number of aryl methyl sites for hydroxylation is 1. The number of ether oxygens (including phenoxy) is 2. The van der Waals surface area contributed by atoms with E-state index in [4.69, 9.17) is 20.9 Å². The predicted molar refractivity (Wildman–Crippen MR) is 218 cm³/mol. The normalized spacial score (nSPS) is 13.7. The molecule has 0 heterocycles. The molecule has 0 fully saturated rings. The van der Waals surface area contributed by atoms with E-state index in [1.165, 1.54) is 32.4 Å². The first-order valence-corrected chi connectivity index (χ1v) is 19.6. The molecule has 1 aliphatic rings. The molecular weight excluding hydrogens is 811 g/mol. The van der Waals surface area contributed by atoms with Crippen molar-refractivity contribution in [2.45, 2.75) is 11.8 Å². The zero-order valence-corrected chi connectivity index (χ0v) is 32.5. The molecule has 0 bridgehead atoms. The number of ketones is 1. The number of non-ortho nitro benzene ring substituents is 1. The lowest BCUT2D eigenvalue weighted by molar-refractivity contribution is -0.384. The summed E-state index contributed by atoms with van der Waals surface area (Å²) in [6, 6.07) is 20.6. The van der Waals surface area contributed by atoms with Crippen LogP contribution in [0.5, 0.6) is 11.5 Å². The van der Waals surface area contributed by atoms with E-state index in [0.717, 1.165) is 23.8 Å². The third-order valence-electron chi connectivity index (χ3n) is 8.67. The number of hydrogen-bond donors (Lipinski definition) is 5. The zero-order valence-electron chi connectivity index (χ0n) is 30.9. The average Bonchev–Trinajstić information content (AvgIpc) is 3.18. The van der Waals surface area contributed by atoms with Gasteiger partial charge in [-0.3, -0.25) is 29.4 Å². The fourth-order valence-electron chi connectivity index (χ4n) is 5.76. The maximum Gasteiger partial charge on any atom is 0.296 e. The summed E-state index contributed by atoms with van der Waals surface area (Å²) in [6.45, 7) is 1.86. The Morgan fingerprint density at radius 3 is 2.00 bits per heavy atom.